The summed E-state index contributed by atoms with van der Waals surface area (Å²) in [5, 5.41) is 3.93. The molecule has 20 heavy (non-hydrogen) atoms. The molecule has 4 atom stereocenters. The van der Waals surface area contributed by atoms with E-state index in [0.717, 1.165) is 18.4 Å². The highest BCUT2D eigenvalue weighted by atomic mass is 15.2. The van der Waals surface area contributed by atoms with Crippen LogP contribution in [0.15, 0.2) is 0 Å². The summed E-state index contributed by atoms with van der Waals surface area (Å²) < 4.78 is 0. The highest BCUT2D eigenvalue weighted by Crippen LogP contribution is 2.39. The minimum absolute atomic E-state index is 0.268. The molecular weight excluding hydrogens is 244 g/mol. The fourth-order valence-electron chi connectivity index (χ4n) is 4.13. The summed E-state index contributed by atoms with van der Waals surface area (Å²) in [4.78, 5) is 2.46. The molecule has 0 saturated heterocycles. The number of hydrogen-bond donors (Lipinski definition) is 1. The molecule has 0 aromatic heterocycles. The molecule has 0 aromatic carbocycles. The minimum Gasteiger partial charge on any atom is -0.312 e. The first-order valence-electron chi connectivity index (χ1n) is 8.92. The molecule has 0 aliphatic heterocycles. The van der Waals surface area contributed by atoms with Crippen molar-refractivity contribution in [3.63, 3.8) is 0 Å². The number of nitrogens with zero attached hydrogens (tertiary/aromatic N) is 1. The molecule has 0 amide bonds. The molecule has 0 radical (unpaired) electrons. The van der Waals surface area contributed by atoms with Crippen LogP contribution in [-0.2, 0) is 0 Å². The Hall–Kier alpha value is -0.0800. The molecule has 0 aromatic rings. The third-order valence-corrected chi connectivity index (χ3v) is 5.94. The smallest absolute Gasteiger partial charge is 0.0328 e. The molecular formula is C18H38N2. The van der Waals surface area contributed by atoms with Crippen molar-refractivity contribution in [2.24, 2.45) is 11.8 Å². The zero-order valence-corrected chi connectivity index (χ0v) is 14.8. The van der Waals surface area contributed by atoms with Crippen LogP contribution in [0.4, 0.5) is 0 Å². The van der Waals surface area contributed by atoms with E-state index >= 15 is 0 Å². The molecule has 0 spiro atoms. The predicted molar refractivity (Wildman–Crippen MR) is 90.2 cm³/mol. The van der Waals surface area contributed by atoms with Crippen molar-refractivity contribution in [1.82, 2.24) is 10.2 Å². The Balaban J connectivity index is 2.96. The van der Waals surface area contributed by atoms with Gasteiger partial charge in [-0.1, -0.05) is 46.5 Å². The number of likely N-dealkylation sites (N-methyl/N-ethyl adjacent to an activating group) is 1. The van der Waals surface area contributed by atoms with Gasteiger partial charge in [0.15, 0.2) is 0 Å². The van der Waals surface area contributed by atoms with Gasteiger partial charge in [-0.25, -0.2) is 0 Å². The zero-order valence-electron chi connectivity index (χ0n) is 14.8. The van der Waals surface area contributed by atoms with Crippen LogP contribution in [0, 0.1) is 11.8 Å². The van der Waals surface area contributed by atoms with Gasteiger partial charge in [0.2, 0.25) is 0 Å². The third kappa shape index (κ3) is 3.98. The summed E-state index contributed by atoms with van der Waals surface area (Å²) in [5.74, 6) is 1.77. The van der Waals surface area contributed by atoms with Gasteiger partial charge in [0.25, 0.3) is 0 Å². The Morgan fingerprint density at radius 1 is 1.15 bits per heavy atom. The molecule has 120 valence electrons. The second-order valence-electron chi connectivity index (χ2n) is 7.15. The Morgan fingerprint density at radius 3 is 2.30 bits per heavy atom. The van der Waals surface area contributed by atoms with Crippen molar-refractivity contribution >= 4 is 0 Å². The lowest BCUT2D eigenvalue weighted by atomic mass is 9.68. The molecule has 1 N–H and O–H groups in total. The fraction of sp³-hybridized carbons (Fsp3) is 1.00. The van der Waals surface area contributed by atoms with E-state index in [1.807, 2.05) is 0 Å². The van der Waals surface area contributed by atoms with Gasteiger partial charge < -0.3 is 10.2 Å². The van der Waals surface area contributed by atoms with Gasteiger partial charge in [0.05, 0.1) is 0 Å². The molecule has 2 nitrogen and oxygen atoms in total. The number of hydrogen-bond acceptors (Lipinski definition) is 2. The maximum atomic E-state index is 3.93. The van der Waals surface area contributed by atoms with E-state index in [-0.39, 0.29) is 5.54 Å². The second kappa shape index (κ2) is 8.38. The molecule has 1 aliphatic carbocycles. The maximum Gasteiger partial charge on any atom is 0.0328 e. The van der Waals surface area contributed by atoms with Crippen molar-refractivity contribution in [3.8, 4) is 0 Å². The monoisotopic (exact) mass is 282 g/mol. The predicted octanol–water partition coefficient (Wildman–Crippen LogP) is 4.30. The van der Waals surface area contributed by atoms with E-state index in [1.165, 1.54) is 44.9 Å². The quantitative estimate of drug-likeness (QED) is 0.714. The number of rotatable bonds is 8. The van der Waals surface area contributed by atoms with E-state index in [9.17, 15) is 0 Å². The van der Waals surface area contributed by atoms with Crippen molar-refractivity contribution in [1.29, 1.82) is 0 Å². The lowest BCUT2D eigenvalue weighted by Crippen LogP contribution is -2.61. The largest absolute Gasteiger partial charge is 0.312 e. The first-order chi connectivity index (χ1) is 9.51. The van der Waals surface area contributed by atoms with Gasteiger partial charge in [-0.3, -0.25) is 0 Å². The Morgan fingerprint density at radius 2 is 1.80 bits per heavy atom. The van der Waals surface area contributed by atoms with Crippen LogP contribution >= 0.6 is 0 Å². The van der Waals surface area contributed by atoms with Gasteiger partial charge in [-0.2, -0.15) is 0 Å². The highest BCUT2D eigenvalue weighted by molar-refractivity contribution is 5.00. The van der Waals surface area contributed by atoms with Crippen molar-refractivity contribution < 1.29 is 0 Å². The maximum absolute atomic E-state index is 3.93. The van der Waals surface area contributed by atoms with Crippen LogP contribution in [0.1, 0.15) is 72.6 Å². The molecule has 2 heteroatoms. The summed E-state index contributed by atoms with van der Waals surface area (Å²) in [6, 6.07) is 0.632. The lowest BCUT2D eigenvalue weighted by Gasteiger charge is -2.50. The van der Waals surface area contributed by atoms with Gasteiger partial charge in [-0.05, 0) is 58.7 Å². The van der Waals surface area contributed by atoms with Crippen LogP contribution in [0.25, 0.3) is 0 Å². The van der Waals surface area contributed by atoms with Gasteiger partial charge >= 0.3 is 0 Å². The summed E-state index contributed by atoms with van der Waals surface area (Å²) in [6.07, 6.45) is 9.53. The SMILES string of the molecule is CCCNC(C1CCCCC1CC)C(C)(CC)N(C)C. The molecule has 4 unspecified atom stereocenters. The topological polar surface area (TPSA) is 15.3 Å². The average molecular weight is 283 g/mol. The standard InChI is InChI=1S/C18H38N2/c1-7-14-19-17(18(4,9-3)20(5)6)16-13-11-10-12-15(16)8-2/h15-17,19H,7-14H2,1-6H3. The summed E-state index contributed by atoms with van der Waals surface area (Å²) in [5.41, 5.74) is 0.268. The van der Waals surface area contributed by atoms with Crippen LogP contribution in [0.5, 0.6) is 0 Å². The van der Waals surface area contributed by atoms with Gasteiger partial charge in [0.1, 0.15) is 0 Å². The molecule has 0 heterocycles. The average Bonchev–Trinajstić information content (AvgIpc) is 2.47. The van der Waals surface area contributed by atoms with E-state index < -0.39 is 0 Å². The number of nitrogens with one attached hydrogen (secondary N) is 1. The van der Waals surface area contributed by atoms with Crippen LogP contribution < -0.4 is 5.32 Å². The first-order valence-corrected chi connectivity index (χ1v) is 8.92. The summed E-state index contributed by atoms with van der Waals surface area (Å²) >= 11 is 0. The van der Waals surface area contributed by atoms with Crippen molar-refractivity contribution in [2.75, 3.05) is 20.6 Å². The highest BCUT2D eigenvalue weighted by Gasteiger charge is 2.42. The first kappa shape index (κ1) is 18.0. The van der Waals surface area contributed by atoms with Crippen molar-refractivity contribution in [2.45, 2.75) is 84.2 Å². The molecule has 1 aliphatic rings. The second-order valence-corrected chi connectivity index (χ2v) is 7.15. The van der Waals surface area contributed by atoms with Gasteiger partial charge in [-0.15, -0.1) is 0 Å². The van der Waals surface area contributed by atoms with Crippen LogP contribution in [-0.4, -0.2) is 37.1 Å². The van der Waals surface area contributed by atoms with Crippen LogP contribution in [0.3, 0.4) is 0 Å². The van der Waals surface area contributed by atoms with E-state index in [4.69, 9.17) is 0 Å². The van der Waals surface area contributed by atoms with E-state index in [2.05, 4.69) is 52.0 Å². The zero-order chi connectivity index (χ0) is 15.2. The summed E-state index contributed by atoms with van der Waals surface area (Å²) in [7, 11) is 4.52. The Labute approximate surface area is 127 Å². The van der Waals surface area contributed by atoms with Gasteiger partial charge in [0, 0.05) is 11.6 Å². The molecule has 1 fully saturated rings. The normalized spacial score (nSPS) is 28.4. The van der Waals surface area contributed by atoms with Crippen molar-refractivity contribution in [3.05, 3.63) is 0 Å². The Kier molecular flexibility index (Phi) is 7.53. The minimum atomic E-state index is 0.268. The van der Waals surface area contributed by atoms with E-state index in [0.29, 0.717) is 6.04 Å². The molecule has 1 rings (SSSR count). The third-order valence-electron chi connectivity index (χ3n) is 5.94. The molecule has 1 saturated carbocycles. The fourth-order valence-corrected chi connectivity index (χ4v) is 4.13. The summed E-state index contributed by atoms with van der Waals surface area (Å²) in [6.45, 7) is 10.6. The Bertz CT molecular complexity index is 264. The van der Waals surface area contributed by atoms with E-state index in [1.54, 1.807) is 0 Å². The lowest BCUT2D eigenvalue weighted by molar-refractivity contribution is 0.0433. The molecule has 0 bridgehead atoms. The van der Waals surface area contributed by atoms with Crippen LogP contribution in [0.2, 0.25) is 0 Å².